The first-order chi connectivity index (χ1) is 0. The predicted octanol–water partition coefficient (Wildman–Crippen LogP) is -2.86. The predicted molar refractivity (Wildman–Crippen MR) is 30.0 cm³/mol. The van der Waals surface area contributed by atoms with Crippen LogP contribution in [0.5, 0.6) is 0 Å². The van der Waals surface area contributed by atoms with E-state index >= 15 is 0 Å². The standard InChI is InChI=1S/Mg.3Na.5H. The topological polar surface area (TPSA) is 0 Å². The van der Waals surface area contributed by atoms with Crippen molar-refractivity contribution in [1.29, 1.82) is 0 Å². The summed E-state index contributed by atoms with van der Waals surface area (Å²) in [7, 11) is 0. The van der Waals surface area contributed by atoms with Crippen LogP contribution in [0.1, 0.15) is 0 Å². The third-order valence-electron chi connectivity index (χ3n) is 0. The van der Waals surface area contributed by atoms with E-state index < -0.39 is 0 Å². The van der Waals surface area contributed by atoms with Crippen LogP contribution in [0.3, 0.4) is 0 Å². The summed E-state index contributed by atoms with van der Waals surface area (Å²) in [5.74, 6) is 0. The molecule has 0 spiro atoms. The third kappa shape index (κ3) is 9.23. The summed E-state index contributed by atoms with van der Waals surface area (Å²) in [6.45, 7) is 0. The van der Waals surface area contributed by atoms with E-state index in [2.05, 4.69) is 0 Å². The van der Waals surface area contributed by atoms with Crippen LogP contribution >= 0.6 is 0 Å². The van der Waals surface area contributed by atoms with Crippen LogP contribution in [0.15, 0.2) is 0 Å². The van der Waals surface area contributed by atoms with Crippen molar-refractivity contribution in [3.05, 3.63) is 0 Å². The van der Waals surface area contributed by atoms with Crippen LogP contribution in [0, 0.1) is 0 Å². The molecule has 0 saturated heterocycles. The van der Waals surface area contributed by atoms with Gasteiger partial charge in [-0.2, -0.15) is 0 Å². The molecular formula is H5MgNa3. The fourth-order valence-electron chi connectivity index (χ4n) is 0. The molecule has 0 N–H and O–H groups in total. The van der Waals surface area contributed by atoms with Crippen LogP contribution in [0.2, 0.25) is 0 Å². The zero-order valence-corrected chi connectivity index (χ0v) is 0. The van der Waals surface area contributed by atoms with E-state index in [1.165, 1.54) is 0 Å². The minimum atomic E-state index is 0. The molecule has 0 aliphatic carbocycles. The van der Waals surface area contributed by atoms with Gasteiger partial charge in [-0.05, 0) is 0 Å². The van der Waals surface area contributed by atoms with Gasteiger partial charge in [-0.3, -0.25) is 0 Å². The molecule has 0 rings (SSSR count). The van der Waals surface area contributed by atoms with E-state index in [9.17, 15) is 0 Å². The Morgan fingerprint density at radius 3 is 0.500 bits per heavy atom. The minimum absolute atomic E-state index is 0. The normalized spacial score (nSPS) is 0. The van der Waals surface area contributed by atoms with Crippen LogP contribution in [-0.2, 0) is 0 Å². The average molecular weight is 98.3 g/mol. The molecule has 0 aromatic heterocycles. The van der Waals surface area contributed by atoms with Gasteiger partial charge in [-0.15, -0.1) is 0 Å². The average Bonchev–Trinajstić information content (AvgIpc) is 0. The Morgan fingerprint density at radius 2 is 0.500 bits per heavy atom. The van der Waals surface area contributed by atoms with Gasteiger partial charge < -0.3 is 0 Å². The van der Waals surface area contributed by atoms with Crippen molar-refractivity contribution < 1.29 is 0 Å². The third-order valence-corrected chi connectivity index (χ3v) is 0. The molecule has 0 unspecified atom stereocenters. The number of rotatable bonds is 0. The molecule has 0 aliphatic rings. The molecule has 10 valence electrons. The summed E-state index contributed by atoms with van der Waals surface area (Å²) in [6.07, 6.45) is 0. The van der Waals surface area contributed by atoms with Crippen molar-refractivity contribution in [3.63, 3.8) is 0 Å². The Balaban J connectivity index is 0. The van der Waals surface area contributed by atoms with Gasteiger partial charge in [0.25, 0.3) is 0 Å². The van der Waals surface area contributed by atoms with Gasteiger partial charge in [-0.1, -0.05) is 0 Å². The van der Waals surface area contributed by atoms with Crippen molar-refractivity contribution in [2.45, 2.75) is 0 Å². The molecular weight excluding hydrogens is 93.3 g/mol. The van der Waals surface area contributed by atoms with Gasteiger partial charge >= 0.3 is 112 Å². The molecule has 0 fully saturated rings. The zero-order valence-electron chi connectivity index (χ0n) is 0. The first-order valence-electron chi connectivity index (χ1n) is 0. The molecule has 0 aromatic rings. The second kappa shape index (κ2) is 15.9. The number of hydrogen-bond donors (Lipinski definition) is 0. The Labute approximate surface area is 109 Å². The molecule has 0 saturated carbocycles. The Bertz CT molecular complexity index is 3.25. The summed E-state index contributed by atoms with van der Waals surface area (Å²) in [5.41, 5.74) is 0. The molecule has 0 nitrogen and oxygen atoms in total. The molecule has 4 heavy (non-hydrogen) atoms. The van der Waals surface area contributed by atoms with E-state index in [1.807, 2.05) is 0 Å². The van der Waals surface area contributed by atoms with Crippen molar-refractivity contribution in [1.82, 2.24) is 0 Å². The van der Waals surface area contributed by atoms with E-state index in [0.29, 0.717) is 0 Å². The van der Waals surface area contributed by atoms with Crippen LogP contribution < -0.4 is 0 Å². The van der Waals surface area contributed by atoms with Gasteiger partial charge in [0.1, 0.15) is 0 Å². The van der Waals surface area contributed by atoms with Gasteiger partial charge in [-0.25, -0.2) is 0 Å². The fraction of sp³-hybridized carbons (Fsp3) is 0. The summed E-state index contributed by atoms with van der Waals surface area (Å²) in [4.78, 5) is 0. The summed E-state index contributed by atoms with van der Waals surface area (Å²) in [6, 6.07) is 0. The quantitative estimate of drug-likeness (QED) is 0.286. The van der Waals surface area contributed by atoms with Gasteiger partial charge in [0, 0.05) is 0 Å². The van der Waals surface area contributed by atoms with Crippen LogP contribution in [0.25, 0.3) is 0 Å². The van der Waals surface area contributed by atoms with Crippen molar-refractivity contribution >= 4 is 112 Å². The zero-order chi connectivity index (χ0) is 0. The maximum atomic E-state index is 0. The Kier molecular flexibility index (Phi) is 99.4. The Morgan fingerprint density at radius 1 is 0.500 bits per heavy atom. The first-order valence-corrected chi connectivity index (χ1v) is 0. The molecule has 0 bridgehead atoms. The molecule has 0 radical (unpaired) electrons. The summed E-state index contributed by atoms with van der Waals surface area (Å²) >= 11 is 0. The molecule has 0 aliphatic heterocycles. The second-order valence-electron chi connectivity index (χ2n) is 0. The molecule has 0 heterocycles. The summed E-state index contributed by atoms with van der Waals surface area (Å²) < 4.78 is 0. The van der Waals surface area contributed by atoms with E-state index in [1.54, 1.807) is 0 Å². The van der Waals surface area contributed by atoms with Gasteiger partial charge in [0.05, 0.1) is 0 Å². The summed E-state index contributed by atoms with van der Waals surface area (Å²) in [5, 5.41) is 0. The van der Waals surface area contributed by atoms with E-state index in [0.717, 1.165) is 0 Å². The van der Waals surface area contributed by atoms with Crippen molar-refractivity contribution in [3.8, 4) is 0 Å². The van der Waals surface area contributed by atoms with Gasteiger partial charge in [0.15, 0.2) is 0 Å². The maximum absolute atomic E-state index is 0. The van der Waals surface area contributed by atoms with E-state index in [-0.39, 0.29) is 112 Å². The van der Waals surface area contributed by atoms with Gasteiger partial charge in [0.2, 0.25) is 0 Å². The molecule has 0 atom stereocenters. The van der Waals surface area contributed by atoms with E-state index in [4.69, 9.17) is 0 Å². The number of hydrogen-bond acceptors (Lipinski definition) is 0. The van der Waals surface area contributed by atoms with Crippen molar-refractivity contribution in [2.24, 2.45) is 0 Å². The monoisotopic (exact) mass is 98.0 g/mol. The first kappa shape index (κ1) is 25.1. The molecule has 0 aromatic carbocycles. The van der Waals surface area contributed by atoms with Crippen LogP contribution in [-0.4, -0.2) is 112 Å². The van der Waals surface area contributed by atoms with Crippen LogP contribution in [0.4, 0.5) is 0 Å². The molecule has 0 amide bonds. The SMILES string of the molecule is [MgH2].[NaH].[NaH].[NaH]. The molecule has 4 heteroatoms. The Hall–Kier alpha value is 3.77. The fourth-order valence-corrected chi connectivity index (χ4v) is 0. The second-order valence-corrected chi connectivity index (χ2v) is 0. The van der Waals surface area contributed by atoms with Crippen molar-refractivity contribution in [2.75, 3.05) is 0 Å².